The predicted octanol–water partition coefficient (Wildman–Crippen LogP) is 3.05. The number of carbonyl (C=O) groups is 2. The van der Waals surface area contributed by atoms with Gasteiger partial charge in [-0.15, -0.1) is 0 Å². The fourth-order valence-electron chi connectivity index (χ4n) is 2.58. The third-order valence-corrected chi connectivity index (χ3v) is 5.31. The van der Waals surface area contributed by atoms with Gasteiger partial charge in [0.05, 0.1) is 24.8 Å². The third kappa shape index (κ3) is 4.15. The Hall–Kier alpha value is -2.91. The lowest BCUT2D eigenvalue weighted by atomic mass is 10.1. The normalized spacial score (nSPS) is 15.2. The van der Waals surface area contributed by atoms with Gasteiger partial charge in [0.25, 0.3) is 5.91 Å². The monoisotopic (exact) mass is 416 g/mol. The van der Waals surface area contributed by atoms with Crippen LogP contribution in [0.4, 0.5) is 0 Å². The minimum Gasteiger partial charge on any atom is -0.493 e. The lowest BCUT2D eigenvalue weighted by molar-refractivity contribution is -0.140. The number of nitrogens with zero attached hydrogens (tertiary/aromatic N) is 2. The molecule has 1 saturated heterocycles. The summed E-state index contributed by atoms with van der Waals surface area (Å²) in [4.78, 5) is 29.0. The van der Waals surface area contributed by atoms with Gasteiger partial charge in [0, 0.05) is 11.8 Å². The summed E-state index contributed by atoms with van der Waals surface area (Å²) in [5, 5.41) is 8.89. The molecule has 144 valence electrons. The van der Waals surface area contributed by atoms with Crippen molar-refractivity contribution < 1.29 is 24.2 Å². The number of hydrogen-bond acceptors (Lipinski definition) is 7. The molecular weight excluding hydrogens is 400 g/mol. The van der Waals surface area contributed by atoms with Crippen LogP contribution in [0, 0.1) is 0 Å². The first-order chi connectivity index (χ1) is 13.4. The van der Waals surface area contributed by atoms with Crippen molar-refractivity contribution in [1.29, 1.82) is 0 Å². The summed E-state index contributed by atoms with van der Waals surface area (Å²) < 4.78 is 10.8. The lowest BCUT2D eigenvalue weighted by Crippen LogP contribution is -2.33. The van der Waals surface area contributed by atoms with Gasteiger partial charge in [-0.3, -0.25) is 19.5 Å². The quantitative estimate of drug-likeness (QED) is 0.568. The van der Waals surface area contributed by atoms with Crippen LogP contribution in [-0.4, -0.2) is 52.0 Å². The molecule has 1 fully saturated rings. The second-order valence-electron chi connectivity index (χ2n) is 5.71. The van der Waals surface area contributed by atoms with Crippen molar-refractivity contribution in [3.8, 4) is 22.8 Å². The zero-order chi connectivity index (χ0) is 20.3. The van der Waals surface area contributed by atoms with Crippen LogP contribution >= 0.6 is 24.0 Å². The molecule has 0 atom stereocenters. The molecule has 0 bridgehead atoms. The largest absolute Gasteiger partial charge is 0.493 e. The van der Waals surface area contributed by atoms with Gasteiger partial charge < -0.3 is 14.6 Å². The fraction of sp³-hybridized carbons (Fsp3) is 0.158. The zero-order valence-corrected chi connectivity index (χ0v) is 16.7. The molecule has 0 spiro atoms. The number of carbonyl (C=O) groups excluding carboxylic acids is 1. The molecule has 1 N–H and O–H groups in total. The SMILES string of the molecule is COc1ccc(-c2ccc(/C=C3\SC(=S)N(CC(=O)O)C3=O)cn2)cc1OC. The molecule has 0 unspecified atom stereocenters. The average molecular weight is 416 g/mol. The van der Waals surface area contributed by atoms with E-state index in [1.165, 1.54) is 0 Å². The molecule has 7 nitrogen and oxygen atoms in total. The van der Waals surface area contributed by atoms with E-state index in [1.807, 2.05) is 24.3 Å². The topological polar surface area (TPSA) is 89.0 Å². The lowest BCUT2D eigenvalue weighted by Gasteiger charge is -2.10. The van der Waals surface area contributed by atoms with Crippen molar-refractivity contribution in [2.45, 2.75) is 0 Å². The van der Waals surface area contributed by atoms with Crippen LogP contribution in [0.5, 0.6) is 11.5 Å². The van der Waals surface area contributed by atoms with Crippen LogP contribution in [0.2, 0.25) is 0 Å². The summed E-state index contributed by atoms with van der Waals surface area (Å²) >= 11 is 6.16. The number of benzene rings is 1. The number of thioether (sulfide) groups is 1. The van der Waals surface area contributed by atoms with E-state index >= 15 is 0 Å². The molecule has 1 amide bonds. The van der Waals surface area contributed by atoms with Crippen molar-refractivity contribution in [3.05, 3.63) is 47.0 Å². The summed E-state index contributed by atoms with van der Waals surface area (Å²) in [5.41, 5.74) is 2.30. The first kappa shape index (κ1) is 19.8. The first-order valence-corrected chi connectivity index (χ1v) is 9.31. The summed E-state index contributed by atoms with van der Waals surface area (Å²) in [6.45, 7) is -0.446. The van der Waals surface area contributed by atoms with Gasteiger partial charge in [-0.25, -0.2) is 0 Å². The highest BCUT2D eigenvalue weighted by molar-refractivity contribution is 8.26. The van der Waals surface area contributed by atoms with E-state index in [1.54, 1.807) is 32.6 Å². The Morgan fingerprint density at radius 3 is 2.61 bits per heavy atom. The number of aliphatic carboxylic acids is 1. The number of thiocarbonyl (C=S) groups is 1. The number of amides is 1. The van der Waals surface area contributed by atoms with E-state index in [0.717, 1.165) is 27.9 Å². The number of ether oxygens (including phenoxy) is 2. The van der Waals surface area contributed by atoms with Gasteiger partial charge in [-0.2, -0.15) is 0 Å². The molecule has 2 aromatic rings. The van der Waals surface area contributed by atoms with Gasteiger partial charge in [-0.1, -0.05) is 30.0 Å². The second-order valence-corrected chi connectivity index (χ2v) is 7.38. The Bertz CT molecular complexity index is 973. The molecular formula is C19H16N2O5S2. The number of pyridine rings is 1. The first-order valence-electron chi connectivity index (χ1n) is 8.08. The van der Waals surface area contributed by atoms with Gasteiger partial charge in [0.1, 0.15) is 10.9 Å². The molecule has 0 saturated carbocycles. The van der Waals surface area contributed by atoms with E-state index in [-0.39, 0.29) is 4.32 Å². The van der Waals surface area contributed by atoms with E-state index < -0.39 is 18.4 Å². The maximum Gasteiger partial charge on any atom is 0.323 e. The molecule has 0 radical (unpaired) electrons. The van der Waals surface area contributed by atoms with Gasteiger partial charge in [0.2, 0.25) is 0 Å². The van der Waals surface area contributed by atoms with E-state index in [0.29, 0.717) is 22.0 Å². The van der Waals surface area contributed by atoms with Crippen LogP contribution < -0.4 is 9.47 Å². The van der Waals surface area contributed by atoms with Crippen LogP contribution in [0.3, 0.4) is 0 Å². The number of methoxy groups -OCH3 is 2. The standard InChI is InChI=1S/C19H16N2O5S2/c1-25-14-6-4-12(8-15(14)26-2)13-5-3-11(9-20-13)7-16-18(24)21(10-17(22)23)19(27)28-16/h3-9H,10H2,1-2H3,(H,22,23)/b16-7-. The average Bonchev–Trinajstić information content (AvgIpc) is 2.95. The summed E-state index contributed by atoms with van der Waals surface area (Å²) in [7, 11) is 3.14. The smallest absolute Gasteiger partial charge is 0.323 e. The minimum absolute atomic E-state index is 0.230. The molecule has 1 aliphatic heterocycles. The zero-order valence-electron chi connectivity index (χ0n) is 15.0. The van der Waals surface area contributed by atoms with Gasteiger partial charge in [-0.05, 0) is 35.9 Å². The second kappa shape index (κ2) is 8.41. The van der Waals surface area contributed by atoms with Crippen molar-refractivity contribution in [3.63, 3.8) is 0 Å². The molecule has 9 heteroatoms. The predicted molar refractivity (Wildman–Crippen MR) is 110 cm³/mol. The van der Waals surface area contributed by atoms with E-state index in [4.69, 9.17) is 26.8 Å². The van der Waals surface area contributed by atoms with Crippen LogP contribution in [0.15, 0.2) is 41.4 Å². The molecule has 2 heterocycles. The molecule has 1 aliphatic rings. The molecule has 0 aliphatic carbocycles. The van der Waals surface area contributed by atoms with E-state index in [9.17, 15) is 9.59 Å². The molecule has 28 heavy (non-hydrogen) atoms. The van der Waals surface area contributed by atoms with Crippen molar-refractivity contribution in [2.24, 2.45) is 0 Å². The summed E-state index contributed by atoms with van der Waals surface area (Å²) in [6, 6.07) is 9.16. The fourth-order valence-corrected chi connectivity index (χ4v) is 3.84. The third-order valence-electron chi connectivity index (χ3n) is 3.93. The number of aromatic nitrogens is 1. The highest BCUT2D eigenvalue weighted by Crippen LogP contribution is 2.33. The van der Waals surface area contributed by atoms with Crippen molar-refractivity contribution in [2.75, 3.05) is 20.8 Å². The Morgan fingerprint density at radius 1 is 1.25 bits per heavy atom. The Morgan fingerprint density at radius 2 is 2.00 bits per heavy atom. The number of carboxylic acids is 1. The maximum atomic E-state index is 12.3. The Labute approximate surface area is 171 Å². The maximum absolute atomic E-state index is 12.3. The minimum atomic E-state index is -1.11. The van der Waals surface area contributed by atoms with Crippen molar-refractivity contribution >= 4 is 46.3 Å². The van der Waals surface area contributed by atoms with Crippen molar-refractivity contribution in [1.82, 2.24) is 9.88 Å². The van der Waals surface area contributed by atoms with Crippen LogP contribution in [0.1, 0.15) is 5.56 Å². The Kier molecular flexibility index (Phi) is 5.96. The van der Waals surface area contributed by atoms with Crippen LogP contribution in [0.25, 0.3) is 17.3 Å². The number of carboxylic acid groups (broad SMARTS) is 1. The summed E-state index contributed by atoms with van der Waals surface area (Å²) in [5.74, 6) is -0.293. The highest BCUT2D eigenvalue weighted by atomic mass is 32.2. The Balaban J connectivity index is 1.82. The van der Waals surface area contributed by atoms with E-state index in [2.05, 4.69) is 4.98 Å². The van der Waals surface area contributed by atoms with Crippen LogP contribution in [-0.2, 0) is 9.59 Å². The summed E-state index contributed by atoms with van der Waals surface area (Å²) in [6.07, 6.45) is 3.28. The number of rotatable bonds is 6. The van der Waals surface area contributed by atoms with Gasteiger partial charge in [0.15, 0.2) is 11.5 Å². The highest BCUT2D eigenvalue weighted by Gasteiger charge is 2.33. The number of hydrogen-bond donors (Lipinski definition) is 1. The molecule has 1 aromatic heterocycles. The van der Waals surface area contributed by atoms with Gasteiger partial charge >= 0.3 is 5.97 Å². The molecule has 3 rings (SSSR count). The molecule has 1 aromatic carbocycles.